The fraction of sp³-hybridized carbons (Fsp3) is 0.238. The fourth-order valence-electron chi connectivity index (χ4n) is 3.10. The van der Waals surface area contributed by atoms with Crippen LogP contribution in [0.15, 0.2) is 60.8 Å². The molecule has 0 radical (unpaired) electrons. The molecule has 0 spiro atoms. The van der Waals surface area contributed by atoms with Gasteiger partial charge in [-0.05, 0) is 42.0 Å². The maximum atomic E-state index is 5.99. The zero-order chi connectivity index (χ0) is 19.2. The fourth-order valence-corrected chi connectivity index (χ4v) is 3.10. The predicted molar refractivity (Wildman–Crippen MR) is 113 cm³/mol. The van der Waals surface area contributed by atoms with Crippen LogP contribution in [0.5, 0.6) is 0 Å². The number of aromatic nitrogens is 2. The Balaban J connectivity index is 1.38. The number of nitrogens with zero attached hydrogens (tertiary/aromatic N) is 3. The highest BCUT2D eigenvalue weighted by Crippen LogP contribution is 2.21. The van der Waals surface area contributed by atoms with Crippen LogP contribution in [0.1, 0.15) is 5.56 Å². The second kappa shape index (κ2) is 8.58. The smallest absolute Gasteiger partial charge is 0.229 e. The van der Waals surface area contributed by atoms with E-state index in [1.54, 1.807) is 6.20 Å². The van der Waals surface area contributed by atoms with Crippen molar-refractivity contribution in [3.8, 4) is 0 Å². The summed E-state index contributed by atoms with van der Waals surface area (Å²) in [7, 11) is 0. The van der Waals surface area contributed by atoms with Gasteiger partial charge in [0.25, 0.3) is 0 Å². The van der Waals surface area contributed by atoms with Gasteiger partial charge < -0.3 is 26.0 Å². The van der Waals surface area contributed by atoms with Gasteiger partial charge in [0.2, 0.25) is 5.95 Å². The molecule has 2 heterocycles. The van der Waals surface area contributed by atoms with Crippen molar-refractivity contribution in [2.24, 2.45) is 0 Å². The predicted octanol–water partition coefficient (Wildman–Crippen LogP) is 3.25. The maximum absolute atomic E-state index is 5.99. The molecule has 1 fully saturated rings. The number of hydrogen-bond donors (Lipinski definition) is 3. The van der Waals surface area contributed by atoms with Gasteiger partial charge in [0.15, 0.2) is 0 Å². The Bertz CT molecular complexity index is 909. The van der Waals surface area contributed by atoms with Crippen molar-refractivity contribution >= 4 is 28.8 Å². The molecule has 0 saturated carbocycles. The third kappa shape index (κ3) is 4.50. The minimum atomic E-state index is 0.546. The molecule has 7 nitrogen and oxygen atoms in total. The Labute approximate surface area is 164 Å². The van der Waals surface area contributed by atoms with E-state index in [1.807, 2.05) is 42.5 Å². The van der Waals surface area contributed by atoms with E-state index < -0.39 is 0 Å². The molecule has 3 aromatic rings. The molecule has 4 rings (SSSR count). The standard InChI is InChI=1S/C21H24N6O/c22-19-4-2-1-3-16(19)15-24-20-9-10-23-21(26-20)25-17-5-7-18(8-6-17)27-11-13-28-14-12-27/h1-10H,11-15,22H2,(H2,23,24,25,26). The molecule has 1 aromatic heterocycles. The first-order valence-electron chi connectivity index (χ1n) is 9.38. The van der Waals surface area contributed by atoms with E-state index in [0.29, 0.717) is 12.5 Å². The van der Waals surface area contributed by atoms with Crippen molar-refractivity contribution in [1.29, 1.82) is 0 Å². The normalized spacial score (nSPS) is 13.9. The van der Waals surface area contributed by atoms with Gasteiger partial charge in [0.1, 0.15) is 5.82 Å². The molecule has 0 atom stereocenters. The van der Waals surface area contributed by atoms with Crippen molar-refractivity contribution < 1.29 is 4.74 Å². The maximum Gasteiger partial charge on any atom is 0.229 e. The van der Waals surface area contributed by atoms with Gasteiger partial charge in [-0.25, -0.2) is 4.98 Å². The first-order chi connectivity index (χ1) is 13.8. The Morgan fingerprint density at radius 3 is 2.57 bits per heavy atom. The van der Waals surface area contributed by atoms with E-state index in [0.717, 1.165) is 49.1 Å². The molecule has 0 aliphatic carbocycles. The number of hydrogen-bond acceptors (Lipinski definition) is 7. The zero-order valence-corrected chi connectivity index (χ0v) is 15.6. The topological polar surface area (TPSA) is 88.3 Å². The van der Waals surface area contributed by atoms with Gasteiger partial charge in [-0.2, -0.15) is 4.98 Å². The zero-order valence-electron chi connectivity index (χ0n) is 15.6. The lowest BCUT2D eigenvalue weighted by molar-refractivity contribution is 0.122. The molecule has 1 aliphatic heterocycles. The summed E-state index contributed by atoms with van der Waals surface area (Å²) < 4.78 is 5.41. The van der Waals surface area contributed by atoms with Crippen LogP contribution in [0.2, 0.25) is 0 Å². The summed E-state index contributed by atoms with van der Waals surface area (Å²) in [4.78, 5) is 11.2. The Hall–Kier alpha value is -3.32. The number of nitrogens with one attached hydrogen (secondary N) is 2. The first kappa shape index (κ1) is 18.1. The summed E-state index contributed by atoms with van der Waals surface area (Å²) in [6.07, 6.45) is 1.73. The van der Waals surface area contributed by atoms with Crippen molar-refractivity contribution in [2.75, 3.05) is 47.6 Å². The van der Waals surface area contributed by atoms with E-state index in [1.165, 1.54) is 5.69 Å². The van der Waals surface area contributed by atoms with Gasteiger partial charge in [0.05, 0.1) is 13.2 Å². The van der Waals surface area contributed by atoms with Crippen LogP contribution in [0.4, 0.5) is 28.8 Å². The van der Waals surface area contributed by atoms with Gasteiger partial charge >= 0.3 is 0 Å². The minimum absolute atomic E-state index is 0.546. The quantitative estimate of drug-likeness (QED) is 0.569. The van der Waals surface area contributed by atoms with Gasteiger partial charge in [0, 0.05) is 42.9 Å². The Morgan fingerprint density at radius 2 is 1.79 bits per heavy atom. The molecule has 0 bridgehead atoms. The number of para-hydroxylation sites is 1. The number of nitrogens with two attached hydrogens (primary N) is 1. The molecular weight excluding hydrogens is 352 g/mol. The molecular formula is C21H24N6O. The van der Waals surface area contributed by atoms with Gasteiger partial charge in [-0.15, -0.1) is 0 Å². The van der Waals surface area contributed by atoms with Crippen LogP contribution in [-0.4, -0.2) is 36.3 Å². The van der Waals surface area contributed by atoms with Gasteiger partial charge in [-0.3, -0.25) is 0 Å². The number of morpholine rings is 1. The van der Waals surface area contributed by atoms with Crippen molar-refractivity contribution in [1.82, 2.24) is 9.97 Å². The molecule has 28 heavy (non-hydrogen) atoms. The van der Waals surface area contributed by atoms with Crippen molar-refractivity contribution in [2.45, 2.75) is 6.54 Å². The summed E-state index contributed by atoms with van der Waals surface area (Å²) >= 11 is 0. The number of nitrogen functional groups attached to an aromatic ring is 1. The molecule has 144 valence electrons. The SMILES string of the molecule is Nc1ccccc1CNc1ccnc(Nc2ccc(N3CCOCC3)cc2)n1. The lowest BCUT2D eigenvalue weighted by Gasteiger charge is -2.28. The third-order valence-electron chi connectivity index (χ3n) is 4.67. The second-order valence-electron chi connectivity index (χ2n) is 6.59. The molecule has 1 saturated heterocycles. The van der Waals surface area contributed by atoms with Crippen LogP contribution in [0.3, 0.4) is 0 Å². The Kier molecular flexibility index (Phi) is 5.53. The van der Waals surface area contributed by atoms with E-state index in [-0.39, 0.29) is 0 Å². The lowest BCUT2D eigenvalue weighted by Crippen LogP contribution is -2.36. The Morgan fingerprint density at radius 1 is 1.00 bits per heavy atom. The van der Waals surface area contributed by atoms with Crippen molar-refractivity contribution in [3.63, 3.8) is 0 Å². The number of anilines is 5. The average Bonchev–Trinajstić information content (AvgIpc) is 2.75. The molecule has 2 aromatic carbocycles. The monoisotopic (exact) mass is 376 g/mol. The van der Waals surface area contributed by atoms with Crippen LogP contribution in [-0.2, 0) is 11.3 Å². The summed E-state index contributed by atoms with van der Waals surface area (Å²) in [5.41, 5.74) is 9.94. The van der Waals surface area contributed by atoms with E-state index in [9.17, 15) is 0 Å². The average molecular weight is 376 g/mol. The highest BCUT2D eigenvalue weighted by atomic mass is 16.5. The number of ether oxygens (including phenoxy) is 1. The summed E-state index contributed by atoms with van der Waals surface area (Å²) in [5, 5.41) is 6.54. The van der Waals surface area contributed by atoms with E-state index in [2.05, 4.69) is 37.6 Å². The molecule has 7 heteroatoms. The number of benzene rings is 2. The summed E-state index contributed by atoms with van der Waals surface area (Å²) in [6, 6.07) is 17.9. The van der Waals surface area contributed by atoms with Crippen LogP contribution < -0.4 is 21.3 Å². The molecule has 0 amide bonds. The largest absolute Gasteiger partial charge is 0.398 e. The second-order valence-corrected chi connectivity index (χ2v) is 6.59. The van der Waals surface area contributed by atoms with Crippen LogP contribution in [0.25, 0.3) is 0 Å². The molecule has 4 N–H and O–H groups in total. The summed E-state index contributed by atoms with van der Waals surface area (Å²) in [6.45, 7) is 4.02. The first-order valence-corrected chi connectivity index (χ1v) is 9.38. The number of rotatable bonds is 6. The molecule has 0 unspecified atom stereocenters. The van der Waals surface area contributed by atoms with Crippen molar-refractivity contribution in [3.05, 3.63) is 66.4 Å². The van der Waals surface area contributed by atoms with Crippen LogP contribution >= 0.6 is 0 Å². The van der Waals surface area contributed by atoms with Crippen LogP contribution in [0, 0.1) is 0 Å². The molecule has 1 aliphatic rings. The van der Waals surface area contributed by atoms with E-state index in [4.69, 9.17) is 10.5 Å². The summed E-state index contributed by atoms with van der Waals surface area (Å²) in [5.74, 6) is 1.29. The lowest BCUT2D eigenvalue weighted by atomic mass is 10.2. The third-order valence-corrected chi connectivity index (χ3v) is 4.67. The highest BCUT2D eigenvalue weighted by molar-refractivity contribution is 5.60. The van der Waals surface area contributed by atoms with Gasteiger partial charge in [-0.1, -0.05) is 18.2 Å². The minimum Gasteiger partial charge on any atom is -0.398 e. The highest BCUT2D eigenvalue weighted by Gasteiger charge is 2.11. The van der Waals surface area contributed by atoms with E-state index >= 15 is 0 Å².